The molecule has 0 unspecified atom stereocenters. The lowest BCUT2D eigenvalue weighted by atomic mass is 9.98. The van der Waals surface area contributed by atoms with E-state index < -0.39 is 0 Å². The zero-order valence-corrected chi connectivity index (χ0v) is 16.5. The van der Waals surface area contributed by atoms with Gasteiger partial charge in [-0.3, -0.25) is 0 Å². The van der Waals surface area contributed by atoms with Crippen molar-refractivity contribution in [2.75, 3.05) is 4.90 Å². The van der Waals surface area contributed by atoms with Crippen molar-refractivity contribution < 1.29 is 4.57 Å². The third-order valence-corrected chi connectivity index (χ3v) is 5.42. The van der Waals surface area contributed by atoms with Crippen molar-refractivity contribution >= 4 is 5.82 Å². The molecule has 0 amide bonds. The highest BCUT2D eigenvalue weighted by atomic mass is 15.4. The maximum absolute atomic E-state index is 2.38. The van der Waals surface area contributed by atoms with E-state index in [9.17, 15) is 0 Å². The van der Waals surface area contributed by atoms with Crippen LogP contribution in [0.3, 0.4) is 0 Å². The zero-order chi connectivity index (χ0) is 18.3. The number of pyridine rings is 1. The predicted molar refractivity (Wildman–Crippen MR) is 105 cm³/mol. The molecule has 0 bridgehead atoms. The third-order valence-electron chi connectivity index (χ3n) is 5.42. The Labute approximate surface area is 152 Å². The lowest BCUT2D eigenvalue weighted by Crippen LogP contribution is -2.45. The second-order valence-electron chi connectivity index (χ2n) is 7.46. The van der Waals surface area contributed by atoms with Crippen molar-refractivity contribution in [3.8, 4) is 11.3 Å². The summed E-state index contributed by atoms with van der Waals surface area (Å²) in [4.78, 5) is 4.73. The van der Waals surface area contributed by atoms with Crippen LogP contribution in [0.2, 0.25) is 0 Å². The molecule has 25 heavy (non-hydrogen) atoms. The Hall–Kier alpha value is -2.29. The summed E-state index contributed by atoms with van der Waals surface area (Å²) in [6.45, 7) is 13.3. The lowest BCUT2D eigenvalue weighted by Gasteiger charge is -2.28. The monoisotopic (exact) mass is 336 g/mol. The van der Waals surface area contributed by atoms with Gasteiger partial charge in [0, 0.05) is 23.9 Å². The Bertz CT molecular complexity index is 820. The van der Waals surface area contributed by atoms with Gasteiger partial charge in [0.1, 0.15) is 11.9 Å². The maximum Gasteiger partial charge on any atom is 0.283 e. The summed E-state index contributed by atoms with van der Waals surface area (Å²) in [5.74, 6) is 1.21. The number of anilines is 1. The number of rotatable bonds is 3. The molecule has 0 saturated carbocycles. The Kier molecular flexibility index (Phi) is 4.59. The lowest BCUT2D eigenvalue weighted by molar-refractivity contribution is -0.647. The number of aromatic nitrogens is 1. The molecule has 0 aliphatic carbocycles. The summed E-state index contributed by atoms with van der Waals surface area (Å²) in [5.41, 5.74) is 6.57. The van der Waals surface area contributed by atoms with E-state index in [1.807, 2.05) is 0 Å². The van der Waals surface area contributed by atoms with Crippen molar-refractivity contribution in [1.29, 1.82) is 0 Å². The Morgan fingerprint density at radius 3 is 2.28 bits per heavy atom. The average molecular weight is 337 g/mol. The zero-order valence-electron chi connectivity index (χ0n) is 16.5. The molecular weight excluding hydrogens is 306 g/mol. The molecule has 3 rings (SSSR count). The smallest absolute Gasteiger partial charge is 0.283 e. The molecule has 1 aromatic carbocycles. The van der Waals surface area contributed by atoms with Gasteiger partial charge in [-0.05, 0) is 76.4 Å². The summed E-state index contributed by atoms with van der Waals surface area (Å²) in [7, 11) is 2.16. The van der Waals surface area contributed by atoms with Gasteiger partial charge < -0.3 is 4.90 Å². The number of aryl methyl sites for hydroxylation is 3. The first kappa shape index (κ1) is 17.5. The van der Waals surface area contributed by atoms with Gasteiger partial charge in [0.05, 0.1) is 7.05 Å². The molecule has 3 heteroatoms. The standard InChI is InChI=1S/C22H30N3/c1-15(2)24-11-12-25(19(24)6)22-10-8-9-21(23(22)7)20-14-17(4)16(3)13-18(20)5/h8-15,19H,1-7H3/q+1/t19-/m1/s1. The van der Waals surface area contributed by atoms with Crippen LogP contribution in [-0.4, -0.2) is 17.1 Å². The van der Waals surface area contributed by atoms with E-state index in [1.54, 1.807) is 0 Å². The fourth-order valence-corrected chi connectivity index (χ4v) is 3.75. The van der Waals surface area contributed by atoms with Crippen LogP contribution in [0.4, 0.5) is 5.82 Å². The van der Waals surface area contributed by atoms with E-state index >= 15 is 0 Å². The minimum atomic E-state index is 0.322. The Morgan fingerprint density at radius 2 is 1.64 bits per heavy atom. The molecule has 0 fully saturated rings. The molecule has 2 heterocycles. The van der Waals surface area contributed by atoms with E-state index in [2.05, 4.69) is 106 Å². The highest BCUT2D eigenvalue weighted by Crippen LogP contribution is 2.28. The second kappa shape index (κ2) is 6.55. The molecule has 1 aromatic heterocycles. The summed E-state index contributed by atoms with van der Waals surface area (Å²) in [6.07, 6.45) is 4.71. The van der Waals surface area contributed by atoms with E-state index in [-0.39, 0.29) is 0 Å². The second-order valence-corrected chi connectivity index (χ2v) is 7.46. The molecule has 0 spiro atoms. The third kappa shape index (κ3) is 3.04. The van der Waals surface area contributed by atoms with Gasteiger partial charge in [-0.1, -0.05) is 6.07 Å². The van der Waals surface area contributed by atoms with E-state index in [1.165, 1.54) is 33.8 Å². The van der Waals surface area contributed by atoms with Crippen LogP contribution >= 0.6 is 0 Å². The maximum atomic E-state index is 2.38. The van der Waals surface area contributed by atoms with Gasteiger partial charge in [-0.25, -0.2) is 9.47 Å². The predicted octanol–water partition coefficient (Wildman–Crippen LogP) is 4.45. The molecule has 1 atom stereocenters. The highest BCUT2D eigenvalue weighted by Gasteiger charge is 2.33. The normalized spacial score (nSPS) is 17.0. The molecule has 132 valence electrons. The van der Waals surface area contributed by atoms with E-state index in [4.69, 9.17) is 0 Å². The van der Waals surface area contributed by atoms with Crippen LogP contribution < -0.4 is 9.47 Å². The SMILES string of the molecule is Cc1cc(C)c(-c2cccc(N3C=CN(C(C)C)[C@H]3C)[n+]2C)cc1C. The molecule has 0 saturated heterocycles. The van der Waals surface area contributed by atoms with Crippen LogP contribution in [0.5, 0.6) is 0 Å². The Balaban J connectivity index is 2.05. The molecular formula is C22H30N3+. The number of hydrogen-bond donors (Lipinski definition) is 0. The first-order chi connectivity index (χ1) is 11.8. The minimum Gasteiger partial charge on any atom is -0.334 e. The van der Waals surface area contributed by atoms with Crippen LogP contribution in [0.1, 0.15) is 37.5 Å². The van der Waals surface area contributed by atoms with Crippen molar-refractivity contribution in [2.45, 2.75) is 53.8 Å². The number of benzene rings is 1. The van der Waals surface area contributed by atoms with Gasteiger partial charge >= 0.3 is 0 Å². The number of hydrogen-bond acceptors (Lipinski definition) is 2. The van der Waals surface area contributed by atoms with Gasteiger partial charge in [-0.2, -0.15) is 0 Å². The summed E-state index contributed by atoms with van der Waals surface area (Å²) in [6, 6.07) is 11.7. The van der Waals surface area contributed by atoms with Gasteiger partial charge in [0.15, 0.2) is 6.17 Å². The molecule has 1 aliphatic rings. The molecule has 0 N–H and O–H groups in total. The molecule has 1 aliphatic heterocycles. The first-order valence-corrected chi connectivity index (χ1v) is 9.12. The average Bonchev–Trinajstić information content (AvgIpc) is 2.93. The summed E-state index contributed by atoms with van der Waals surface area (Å²) in [5, 5.41) is 0. The van der Waals surface area contributed by atoms with Crippen LogP contribution in [0, 0.1) is 20.8 Å². The van der Waals surface area contributed by atoms with Crippen LogP contribution in [0.15, 0.2) is 42.7 Å². The van der Waals surface area contributed by atoms with Crippen molar-refractivity contribution in [2.24, 2.45) is 7.05 Å². The fraction of sp³-hybridized carbons (Fsp3) is 0.409. The van der Waals surface area contributed by atoms with Crippen molar-refractivity contribution in [3.63, 3.8) is 0 Å². The van der Waals surface area contributed by atoms with Crippen LogP contribution in [-0.2, 0) is 7.05 Å². The van der Waals surface area contributed by atoms with E-state index in [0.717, 1.165) is 0 Å². The largest absolute Gasteiger partial charge is 0.334 e. The fourth-order valence-electron chi connectivity index (χ4n) is 3.75. The molecule has 3 nitrogen and oxygen atoms in total. The van der Waals surface area contributed by atoms with Crippen molar-refractivity contribution in [1.82, 2.24) is 4.90 Å². The number of nitrogens with zero attached hydrogens (tertiary/aromatic N) is 3. The van der Waals surface area contributed by atoms with Gasteiger partial charge in [0.2, 0.25) is 0 Å². The summed E-state index contributed by atoms with van der Waals surface area (Å²) >= 11 is 0. The van der Waals surface area contributed by atoms with Crippen molar-refractivity contribution in [3.05, 3.63) is 59.4 Å². The highest BCUT2D eigenvalue weighted by molar-refractivity contribution is 5.64. The Morgan fingerprint density at radius 1 is 0.960 bits per heavy atom. The van der Waals surface area contributed by atoms with Crippen LogP contribution in [0.25, 0.3) is 11.3 Å². The van der Waals surface area contributed by atoms with E-state index in [0.29, 0.717) is 12.2 Å². The van der Waals surface area contributed by atoms with Gasteiger partial charge in [-0.15, -0.1) is 0 Å². The molecule has 2 aromatic rings. The molecule has 0 radical (unpaired) electrons. The minimum absolute atomic E-state index is 0.322. The van der Waals surface area contributed by atoms with Gasteiger partial charge in [0.25, 0.3) is 5.82 Å². The summed E-state index contributed by atoms with van der Waals surface area (Å²) < 4.78 is 2.31. The topological polar surface area (TPSA) is 10.4 Å². The first-order valence-electron chi connectivity index (χ1n) is 9.12. The quantitative estimate of drug-likeness (QED) is 0.767.